The molecule has 0 aliphatic carbocycles. The molecule has 0 spiro atoms. The molecule has 1 heterocycles. The molecule has 1 atom stereocenters. The minimum Gasteiger partial charge on any atom is -0.492 e. The van der Waals surface area contributed by atoms with Crippen LogP contribution in [0.3, 0.4) is 0 Å². The molecule has 1 amide bonds. The van der Waals surface area contributed by atoms with E-state index in [-0.39, 0.29) is 22.0 Å². The smallest absolute Gasteiger partial charge is 0.270 e. The fourth-order valence-corrected chi connectivity index (χ4v) is 4.59. The molecule has 30 heavy (non-hydrogen) atoms. The molecule has 0 aliphatic rings. The van der Waals surface area contributed by atoms with Gasteiger partial charge in [0.1, 0.15) is 12.4 Å². The Balaban J connectivity index is 1.58. The molecule has 0 saturated carbocycles. The lowest BCUT2D eigenvalue weighted by molar-refractivity contribution is 0.102. The normalized spacial score (nSPS) is 12.4. The monoisotopic (exact) mass is 446 g/mol. The largest absolute Gasteiger partial charge is 0.492 e. The van der Waals surface area contributed by atoms with Crippen LogP contribution in [0.15, 0.2) is 52.9 Å². The summed E-state index contributed by atoms with van der Waals surface area (Å²) in [5, 5.41) is 10.1. The van der Waals surface area contributed by atoms with E-state index in [0.717, 1.165) is 22.5 Å². The molecule has 3 aromatic rings. The zero-order valence-corrected chi connectivity index (χ0v) is 18.4. The molecule has 158 valence electrons. The van der Waals surface area contributed by atoms with Crippen molar-refractivity contribution in [2.45, 2.75) is 31.2 Å². The van der Waals surface area contributed by atoms with E-state index in [4.69, 9.17) is 4.74 Å². The standard InChI is InChI=1S/C20H22N4O4S2/c1-13-4-8-16(9-5-13)18(25)21-19-22-23-20(29-19)30(26,27)24-15(3)12-28-17-10-6-14(2)7-11-17/h4-11,15,24H,12H2,1-3H3,(H,21,22,25)/t15-/m1/s1. The van der Waals surface area contributed by atoms with E-state index in [1.807, 2.05) is 50.2 Å². The van der Waals surface area contributed by atoms with E-state index >= 15 is 0 Å². The first kappa shape index (κ1) is 21.9. The minimum atomic E-state index is -3.89. The predicted octanol–water partition coefficient (Wildman–Crippen LogP) is 3.15. The second-order valence-electron chi connectivity index (χ2n) is 6.84. The number of carbonyl (C=O) groups excluding carboxylic acids is 1. The summed E-state index contributed by atoms with van der Waals surface area (Å²) >= 11 is 0.779. The fourth-order valence-electron chi connectivity index (χ4n) is 2.45. The number of nitrogens with zero attached hydrogens (tertiary/aromatic N) is 2. The number of rotatable bonds is 8. The lowest BCUT2D eigenvalue weighted by atomic mass is 10.1. The van der Waals surface area contributed by atoms with Crippen molar-refractivity contribution >= 4 is 32.4 Å². The highest BCUT2D eigenvalue weighted by Gasteiger charge is 2.23. The van der Waals surface area contributed by atoms with Gasteiger partial charge in [-0.05, 0) is 45.0 Å². The highest BCUT2D eigenvalue weighted by molar-refractivity contribution is 7.91. The van der Waals surface area contributed by atoms with Gasteiger partial charge in [-0.2, -0.15) is 0 Å². The Morgan fingerprint density at radius 3 is 2.27 bits per heavy atom. The van der Waals surface area contributed by atoms with Crippen molar-refractivity contribution in [3.63, 3.8) is 0 Å². The average molecular weight is 447 g/mol. The molecule has 1 aromatic heterocycles. The Hall–Kier alpha value is -2.82. The molecule has 0 fully saturated rings. The van der Waals surface area contributed by atoms with E-state index in [1.165, 1.54) is 0 Å². The molecule has 10 heteroatoms. The predicted molar refractivity (Wildman–Crippen MR) is 115 cm³/mol. The number of ether oxygens (including phenoxy) is 1. The van der Waals surface area contributed by atoms with Crippen molar-refractivity contribution in [3.8, 4) is 5.75 Å². The van der Waals surface area contributed by atoms with Gasteiger partial charge in [0.15, 0.2) is 0 Å². The van der Waals surface area contributed by atoms with Crippen molar-refractivity contribution < 1.29 is 17.9 Å². The van der Waals surface area contributed by atoms with Gasteiger partial charge >= 0.3 is 0 Å². The number of carbonyl (C=O) groups is 1. The molecule has 0 unspecified atom stereocenters. The van der Waals surface area contributed by atoms with E-state index in [9.17, 15) is 13.2 Å². The third-order valence-corrected chi connectivity index (χ3v) is 6.84. The van der Waals surface area contributed by atoms with Crippen LogP contribution in [0.25, 0.3) is 0 Å². The maximum atomic E-state index is 12.5. The Morgan fingerprint density at radius 1 is 1.03 bits per heavy atom. The quantitative estimate of drug-likeness (QED) is 0.514. The summed E-state index contributed by atoms with van der Waals surface area (Å²) in [5.74, 6) is 0.270. The number of sulfonamides is 1. The van der Waals surface area contributed by atoms with E-state index < -0.39 is 16.1 Å². The molecule has 0 saturated heterocycles. The molecular formula is C20H22N4O4S2. The zero-order valence-electron chi connectivity index (χ0n) is 16.7. The third kappa shape index (κ3) is 5.85. The minimum absolute atomic E-state index is 0.101. The van der Waals surface area contributed by atoms with Gasteiger partial charge in [0.05, 0.1) is 6.04 Å². The molecule has 0 aliphatic heterocycles. The lowest BCUT2D eigenvalue weighted by Crippen LogP contribution is -2.36. The maximum Gasteiger partial charge on any atom is 0.270 e. The number of aryl methyl sites for hydroxylation is 2. The van der Waals surface area contributed by atoms with Gasteiger partial charge in [0, 0.05) is 5.56 Å². The van der Waals surface area contributed by atoms with Crippen LogP contribution < -0.4 is 14.8 Å². The van der Waals surface area contributed by atoms with Crippen LogP contribution in [0.1, 0.15) is 28.4 Å². The summed E-state index contributed by atoms with van der Waals surface area (Å²) in [6.45, 7) is 5.73. The first-order chi connectivity index (χ1) is 14.2. The second kappa shape index (κ2) is 9.33. The molecule has 0 radical (unpaired) electrons. The first-order valence-corrected chi connectivity index (χ1v) is 11.5. The molecule has 3 rings (SSSR count). The highest BCUT2D eigenvalue weighted by atomic mass is 32.2. The number of nitrogens with one attached hydrogen (secondary N) is 2. The van der Waals surface area contributed by atoms with Crippen LogP contribution >= 0.6 is 11.3 Å². The van der Waals surface area contributed by atoms with Crippen LogP contribution in [0.4, 0.5) is 5.13 Å². The molecular weight excluding hydrogens is 424 g/mol. The summed E-state index contributed by atoms with van der Waals surface area (Å²) in [6.07, 6.45) is 0. The maximum absolute atomic E-state index is 12.5. The van der Waals surface area contributed by atoms with Crippen molar-refractivity contribution in [2.75, 3.05) is 11.9 Å². The number of aromatic nitrogens is 2. The first-order valence-electron chi connectivity index (χ1n) is 9.16. The van der Waals surface area contributed by atoms with Crippen LogP contribution in [-0.2, 0) is 10.0 Å². The Labute approximate surface area is 179 Å². The van der Waals surface area contributed by atoms with Crippen LogP contribution in [0.5, 0.6) is 5.75 Å². The molecule has 0 bridgehead atoms. The zero-order chi connectivity index (χ0) is 21.7. The topological polar surface area (TPSA) is 110 Å². The third-order valence-electron chi connectivity index (χ3n) is 4.05. The van der Waals surface area contributed by atoms with Gasteiger partial charge in [-0.3, -0.25) is 10.1 Å². The van der Waals surface area contributed by atoms with Crippen molar-refractivity contribution in [3.05, 3.63) is 65.2 Å². The van der Waals surface area contributed by atoms with Crippen LogP contribution in [0, 0.1) is 13.8 Å². The van der Waals surface area contributed by atoms with Crippen LogP contribution in [0.2, 0.25) is 0 Å². The molecule has 8 nitrogen and oxygen atoms in total. The van der Waals surface area contributed by atoms with E-state index in [1.54, 1.807) is 19.1 Å². The summed E-state index contributed by atoms with van der Waals surface area (Å²) in [6, 6.07) is 14.0. The summed E-state index contributed by atoms with van der Waals surface area (Å²) in [5.41, 5.74) is 2.58. The van der Waals surface area contributed by atoms with Crippen molar-refractivity contribution in [1.82, 2.24) is 14.9 Å². The number of hydrogen-bond acceptors (Lipinski definition) is 7. The van der Waals surface area contributed by atoms with Crippen molar-refractivity contribution in [2.24, 2.45) is 0 Å². The summed E-state index contributed by atoms with van der Waals surface area (Å²) in [7, 11) is -3.89. The summed E-state index contributed by atoms with van der Waals surface area (Å²) < 4.78 is 32.9. The highest BCUT2D eigenvalue weighted by Crippen LogP contribution is 2.21. The average Bonchev–Trinajstić information content (AvgIpc) is 3.17. The fraction of sp³-hybridized carbons (Fsp3) is 0.250. The van der Waals surface area contributed by atoms with Gasteiger partial charge in [-0.25, -0.2) is 13.1 Å². The number of benzene rings is 2. The Morgan fingerprint density at radius 2 is 1.63 bits per heavy atom. The SMILES string of the molecule is Cc1ccc(OC[C@@H](C)NS(=O)(=O)c2nnc(NC(=O)c3ccc(C)cc3)s2)cc1. The Kier molecular flexibility index (Phi) is 6.80. The lowest BCUT2D eigenvalue weighted by Gasteiger charge is -2.14. The van der Waals surface area contributed by atoms with E-state index in [2.05, 4.69) is 20.2 Å². The van der Waals surface area contributed by atoms with Gasteiger partial charge in [0.25, 0.3) is 15.9 Å². The number of hydrogen-bond donors (Lipinski definition) is 2. The number of amides is 1. The molecule has 2 aromatic carbocycles. The summed E-state index contributed by atoms with van der Waals surface area (Å²) in [4.78, 5) is 12.2. The van der Waals surface area contributed by atoms with Crippen molar-refractivity contribution in [1.29, 1.82) is 0 Å². The second-order valence-corrected chi connectivity index (χ2v) is 9.70. The van der Waals surface area contributed by atoms with E-state index in [0.29, 0.717) is 11.3 Å². The van der Waals surface area contributed by atoms with Crippen LogP contribution in [-0.4, -0.2) is 37.2 Å². The van der Waals surface area contributed by atoms with Gasteiger partial charge < -0.3 is 4.74 Å². The Bertz CT molecular complexity index is 1110. The van der Waals surface area contributed by atoms with Gasteiger partial charge in [0.2, 0.25) is 9.47 Å². The van der Waals surface area contributed by atoms with Gasteiger partial charge in [-0.15, -0.1) is 10.2 Å². The number of anilines is 1. The van der Waals surface area contributed by atoms with Gasteiger partial charge in [-0.1, -0.05) is 46.7 Å². The molecule has 2 N–H and O–H groups in total.